The third-order valence-corrected chi connectivity index (χ3v) is 3.74. The summed E-state index contributed by atoms with van der Waals surface area (Å²) in [5.74, 6) is 2.44. The highest BCUT2D eigenvalue weighted by molar-refractivity contribution is 8.14. The normalized spacial score (nSPS) is 25.1. The predicted molar refractivity (Wildman–Crippen MR) is 65.0 cm³/mol. The fourth-order valence-electron chi connectivity index (χ4n) is 1.13. The molecule has 0 radical (unpaired) electrons. The number of rotatable bonds is 5. The van der Waals surface area contributed by atoms with E-state index in [1.54, 1.807) is 0 Å². The van der Waals surface area contributed by atoms with Gasteiger partial charge in [0, 0.05) is 18.3 Å². The predicted octanol–water partition coefficient (Wildman–Crippen LogP) is 2.21. The topological polar surface area (TPSA) is 24.4 Å². The van der Waals surface area contributed by atoms with E-state index < -0.39 is 0 Å². The molecule has 1 aliphatic rings. The number of aliphatic imine (C=N–C) groups is 1. The fraction of sp³-hybridized carbons (Fsp3) is 0.889. The molecule has 13 heavy (non-hydrogen) atoms. The summed E-state index contributed by atoms with van der Waals surface area (Å²) in [4.78, 5) is 4.50. The Bertz CT molecular complexity index is 171. The van der Waals surface area contributed by atoms with Gasteiger partial charge in [-0.05, 0) is 31.8 Å². The van der Waals surface area contributed by atoms with Gasteiger partial charge >= 0.3 is 0 Å². The highest BCUT2D eigenvalue weighted by Crippen LogP contribution is 2.13. The van der Waals surface area contributed by atoms with Gasteiger partial charge < -0.3 is 5.32 Å². The van der Waals surface area contributed by atoms with E-state index >= 15 is 0 Å². The number of nitrogens with zero attached hydrogens (tertiary/aromatic N) is 1. The lowest BCUT2D eigenvalue weighted by atomic mass is 10.3. The van der Waals surface area contributed by atoms with Crippen LogP contribution in [0.1, 0.15) is 19.8 Å². The molecule has 0 bridgehead atoms. The van der Waals surface area contributed by atoms with Gasteiger partial charge in [0.15, 0.2) is 5.17 Å². The van der Waals surface area contributed by atoms with Crippen LogP contribution in [-0.2, 0) is 0 Å². The van der Waals surface area contributed by atoms with E-state index in [4.69, 9.17) is 0 Å². The lowest BCUT2D eigenvalue weighted by Gasteiger charge is -2.00. The van der Waals surface area contributed by atoms with Crippen molar-refractivity contribution in [2.75, 3.05) is 24.3 Å². The second-order valence-electron chi connectivity index (χ2n) is 3.24. The molecule has 76 valence electrons. The Morgan fingerprint density at radius 2 is 2.46 bits per heavy atom. The molecule has 1 saturated heterocycles. The highest BCUT2D eigenvalue weighted by atomic mass is 32.2. The SMILES string of the molecule is CSCCCCN=C1NC(C)CS1. The summed E-state index contributed by atoms with van der Waals surface area (Å²) in [6, 6.07) is 0.606. The monoisotopic (exact) mass is 218 g/mol. The molecule has 0 aromatic rings. The van der Waals surface area contributed by atoms with Crippen LogP contribution in [0.15, 0.2) is 4.99 Å². The Morgan fingerprint density at radius 3 is 3.08 bits per heavy atom. The van der Waals surface area contributed by atoms with Gasteiger partial charge in [0.2, 0.25) is 0 Å². The van der Waals surface area contributed by atoms with Gasteiger partial charge in [-0.3, -0.25) is 4.99 Å². The van der Waals surface area contributed by atoms with Gasteiger partial charge in [0.1, 0.15) is 0 Å². The van der Waals surface area contributed by atoms with Crippen LogP contribution in [0.4, 0.5) is 0 Å². The maximum absolute atomic E-state index is 4.50. The Labute approximate surface area is 89.3 Å². The van der Waals surface area contributed by atoms with Gasteiger partial charge in [0.05, 0.1) is 0 Å². The summed E-state index contributed by atoms with van der Waals surface area (Å²) >= 11 is 3.76. The molecule has 0 saturated carbocycles. The first-order chi connectivity index (χ1) is 6.33. The van der Waals surface area contributed by atoms with Crippen LogP contribution < -0.4 is 5.32 Å². The zero-order valence-corrected chi connectivity index (χ0v) is 10.0. The summed E-state index contributed by atoms with van der Waals surface area (Å²) in [6.07, 6.45) is 4.67. The van der Waals surface area contributed by atoms with E-state index in [9.17, 15) is 0 Å². The Kier molecular flexibility index (Phi) is 5.71. The quantitative estimate of drug-likeness (QED) is 0.716. The molecule has 1 fully saturated rings. The van der Waals surface area contributed by atoms with Crippen molar-refractivity contribution in [1.82, 2.24) is 5.32 Å². The van der Waals surface area contributed by atoms with Gasteiger partial charge in [-0.2, -0.15) is 11.8 Å². The molecule has 4 heteroatoms. The molecule has 1 aliphatic heterocycles. The van der Waals surface area contributed by atoms with Crippen molar-refractivity contribution in [2.24, 2.45) is 4.99 Å². The number of unbranched alkanes of at least 4 members (excludes halogenated alkanes) is 1. The van der Waals surface area contributed by atoms with Crippen molar-refractivity contribution in [3.8, 4) is 0 Å². The van der Waals surface area contributed by atoms with Crippen LogP contribution in [0.5, 0.6) is 0 Å². The zero-order valence-electron chi connectivity index (χ0n) is 8.38. The standard InChI is InChI=1S/C9H18N2S2/c1-8-7-13-9(11-8)10-5-3-4-6-12-2/h8H,3-7H2,1-2H3,(H,10,11). The van der Waals surface area contributed by atoms with Crippen LogP contribution in [0, 0.1) is 0 Å². The van der Waals surface area contributed by atoms with E-state index in [1.807, 2.05) is 23.5 Å². The van der Waals surface area contributed by atoms with E-state index in [0.29, 0.717) is 6.04 Å². The average Bonchev–Trinajstić information content (AvgIpc) is 2.51. The van der Waals surface area contributed by atoms with Gasteiger partial charge in [-0.25, -0.2) is 0 Å². The van der Waals surface area contributed by atoms with E-state index in [1.165, 1.54) is 24.3 Å². The third-order valence-electron chi connectivity index (χ3n) is 1.85. The van der Waals surface area contributed by atoms with Crippen molar-refractivity contribution < 1.29 is 0 Å². The first kappa shape index (κ1) is 11.2. The van der Waals surface area contributed by atoms with Crippen LogP contribution in [-0.4, -0.2) is 35.5 Å². The van der Waals surface area contributed by atoms with Crippen molar-refractivity contribution >= 4 is 28.7 Å². The third kappa shape index (κ3) is 4.81. The first-order valence-corrected chi connectivity index (χ1v) is 7.13. The molecule has 0 aromatic heterocycles. The number of thioether (sulfide) groups is 2. The molecule has 2 nitrogen and oxygen atoms in total. The molecule has 0 aliphatic carbocycles. The molecular formula is C9H18N2S2. The smallest absolute Gasteiger partial charge is 0.156 e. The Hall–Kier alpha value is 0.170. The van der Waals surface area contributed by atoms with Gasteiger partial charge in [-0.1, -0.05) is 11.8 Å². The van der Waals surface area contributed by atoms with Crippen LogP contribution in [0.25, 0.3) is 0 Å². The molecule has 1 heterocycles. The molecule has 0 spiro atoms. The fourth-order valence-corrected chi connectivity index (χ4v) is 2.58. The second-order valence-corrected chi connectivity index (χ2v) is 5.24. The molecule has 1 N–H and O–H groups in total. The highest BCUT2D eigenvalue weighted by Gasteiger charge is 2.14. The van der Waals surface area contributed by atoms with Crippen molar-refractivity contribution in [3.63, 3.8) is 0 Å². The van der Waals surface area contributed by atoms with Gasteiger partial charge in [-0.15, -0.1) is 0 Å². The minimum Gasteiger partial charge on any atom is -0.362 e. The van der Waals surface area contributed by atoms with E-state index in [-0.39, 0.29) is 0 Å². The summed E-state index contributed by atoms with van der Waals surface area (Å²) in [5.41, 5.74) is 0. The van der Waals surface area contributed by atoms with E-state index in [2.05, 4.69) is 23.5 Å². The van der Waals surface area contributed by atoms with Crippen molar-refractivity contribution in [3.05, 3.63) is 0 Å². The molecule has 0 aromatic carbocycles. The number of nitrogens with one attached hydrogen (secondary N) is 1. The Morgan fingerprint density at radius 1 is 1.62 bits per heavy atom. The Balaban J connectivity index is 2.03. The van der Waals surface area contributed by atoms with E-state index in [0.717, 1.165) is 11.7 Å². The molecule has 1 unspecified atom stereocenters. The van der Waals surface area contributed by atoms with Crippen LogP contribution >= 0.6 is 23.5 Å². The maximum atomic E-state index is 4.50. The first-order valence-electron chi connectivity index (χ1n) is 4.75. The minimum absolute atomic E-state index is 0.606. The lowest BCUT2D eigenvalue weighted by molar-refractivity contribution is 0.757. The molecular weight excluding hydrogens is 200 g/mol. The number of hydrogen-bond acceptors (Lipinski definition) is 3. The minimum atomic E-state index is 0.606. The van der Waals surface area contributed by atoms with Crippen molar-refractivity contribution in [2.45, 2.75) is 25.8 Å². The maximum Gasteiger partial charge on any atom is 0.156 e. The average molecular weight is 218 g/mol. The summed E-state index contributed by atoms with van der Waals surface area (Å²) in [5, 5.41) is 4.50. The van der Waals surface area contributed by atoms with Gasteiger partial charge in [0.25, 0.3) is 0 Å². The molecule has 1 atom stereocenters. The largest absolute Gasteiger partial charge is 0.362 e. The van der Waals surface area contributed by atoms with Crippen LogP contribution in [0.2, 0.25) is 0 Å². The molecule has 0 amide bonds. The van der Waals surface area contributed by atoms with Crippen molar-refractivity contribution in [1.29, 1.82) is 0 Å². The number of amidine groups is 1. The zero-order chi connectivity index (χ0) is 9.52. The lowest BCUT2D eigenvalue weighted by Crippen LogP contribution is -2.23. The molecule has 1 rings (SSSR count). The van der Waals surface area contributed by atoms with Crippen LogP contribution in [0.3, 0.4) is 0 Å². The number of hydrogen-bond donors (Lipinski definition) is 1. The summed E-state index contributed by atoms with van der Waals surface area (Å²) in [7, 11) is 0. The second kappa shape index (κ2) is 6.60. The summed E-state index contributed by atoms with van der Waals surface area (Å²) in [6.45, 7) is 3.19. The summed E-state index contributed by atoms with van der Waals surface area (Å²) < 4.78 is 0.